The van der Waals surface area contributed by atoms with Crippen LogP contribution in [0.4, 0.5) is 11.5 Å². The highest BCUT2D eigenvalue weighted by Crippen LogP contribution is 2.35. The van der Waals surface area contributed by atoms with Gasteiger partial charge in [-0.2, -0.15) is 4.98 Å². The van der Waals surface area contributed by atoms with Crippen LogP contribution in [0.3, 0.4) is 0 Å². The number of rotatable bonds is 2. The van der Waals surface area contributed by atoms with Gasteiger partial charge < -0.3 is 14.1 Å². The minimum atomic E-state index is -0.454. The van der Waals surface area contributed by atoms with Crippen LogP contribution in [0.5, 0.6) is 0 Å². The molecule has 1 aromatic carbocycles. The van der Waals surface area contributed by atoms with Crippen molar-refractivity contribution in [1.82, 2.24) is 9.97 Å². The Kier molecular flexibility index (Phi) is 3.28. The molecule has 0 N–H and O–H groups in total. The molecule has 3 heterocycles. The van der Waals surface area contributed by atoms with E-state index < -0.39 is 4.92 Å². The first-order valence-electron chi connectivity index (χ1n) is 7.00. The zero-order chi connectivity index (χ0) is 16.0. The molecule has 4 rings (SSSR count). The van der Waals surface area contributed by atoms with Crippen LogP contribution in [0.2, 0.25) is 5.28 Å². The summed E-state index contributed by atoms with van der Waals surface area (Å²) in [5.74, 6) is 0.585. The number of benzene rings is 1. The zero-order valence-corrected chi connectivity index (χ0v) is 12.6. The Hall–Kier alpha value is -2.45. The molecule has 0 amide bonds. The summed E-state index contributed by atoms with van der Waals surface area (Å²) >= 11 is 6.05. The number of nitro groups is 1. The lowest BCUT2D eigenvalue weighted by Crippen LogP contribution is -2.36. The number of nitro benzene ring substituents is 1. The molecule has 9 heteroatoms. The molecule has 0 spiro atoms. The number of nitrogens with zero attached hydrogens (tertiary/aromatic N) is 4. The second kappa shape index (κ2) is 5.32. The van der Waals surface area contributed by atoms with Crippen LogP contribution < -0.4 is 4.90 Å². The SMILES string of the molecule is O=[N+]([O-])c1ccc2oc3c(N4CCOCC4)nc(Cl)nc3c2c1. The molecular formula is C14H11ClN4O4. The molecule has 0 aliphatic carbocycles. The molecule has 0 radical (unpaired) electrons. The molecule has 0 saturated carbocycles. The van der Waals surface area contributed by atoms with Gasteiger partial charge in [-0.1, -0.05) is 0 Å². The van der Waals surface area contributed by atoms with Crippen molar-refractivity contribution in [2.45, 2.75) is 0 Å². The van der Waals surface area contributed by atoms with E-state index >= 15 is 0 Å². The summed E-state index contributed by atoms with van der Waals surface area (Å²) in [6.07, 6.45) is 0. The molecular weight excluding hydrogens is 324 g/mol. The van der Waals surface area contributed by atoms with Gasteiger partial charge in [0.2, 0.25) is 5.28 Å². The van der Waals surface area contributed by atoms with Gasteiger partial charge in [-0.25, -0.2) is 4.98 Å². The summed E-state index contributed by atoms with van der Waals surface area (Å²) in [6.45, 7) is 2.52. The third-order valence-corrected chi connectivity index (χ3v) is 3.94. The number of hydrogen-bond acceptors (Lipinski definition) is 7. The Morgan fingerprint density at radius 1 is 1.26 bits per heavy atom. The van der Waals surface area contributed by atoms with E-state index in [2.05, 4.69) is 9.97 Å². The number of anilines is 1. The Labute approximate surface area is 134 Å². The van der Waals surface area contributed by atoms with Gasteiger partial charge in [0, 0.05) is 25.2 Å². The van der Waals surface area contributed by atoms with E-state index in [4.69, 9.17) is 20.8 Å². The number of aromatic nitrogens is 2. The maximum absolute atomic E-state index is 11.0. The highest BCUT2D eigenvalue weighted by Gasteiger charge is 2.22. The van der Waals surface area contributed by atoms with Crippen molar-refractivity contribution in [2.75, 3.05) is 31.2 Å². The van der Waals surface area contributed by atoms with Crippen molar-refractivity contribution in [3.8, 4) is 0 Å². The molecule has 1 saturated heterocycles. The maximum atomic E-state index is 11.0. The van der Waals surface area contributed by atoms with Gasteiger partial charge in [-0.3, -0.25) is 10.1 Å². The average Bonchev–Trinajstić information content (AvgIpc) is 2.92. The molecule has 1 aliphatic rings. The predicted octanol–water partition coefficient (Wildman–Crippen LogP) is 2.77. The van der Waals surface area contributed by atoms with Crippen LogP contribution >= 0.6 is 11.6 Å². The monoisotopic (exact) mass is 334 g/mol. The second-order valence-corrected chi connectivity index (χ2v) is 5.47. The third kappa shape index (κ3) is 2.36. The van der Waals surface area contributed by atoms with Gasteiger partial charge >= 0.3 is 0 Å². The van der Waals surface area contributed by atoms with E-state index in [-0.39, 0.29) is 11.0 Å². The molecule has 3 aromatic rings. The summed E-state index contributed by atoms with van der Waals surface area (Å²) in [4.78, 5) is 21.0. The van der Waals surface area contributed by atoms with Gasteiger partial charge in [-0.15, -0.1) is 0 Å². The Bertz CT molecular complexity index is 920. The lowest BCUT2D eigenvalue weighted by molar-refractivity contribution is -0.384. The first-order valence-corrected chi connectivity index (χ1v) is 7.38. The fourth-order valence-electron chi connectivity index (χ4n) is 2.69. The summed E-state index contributed by atoms with van der Waals surface area (Å²) in [5.41, 5.74) is 1.44. The molecule has 0 unspecified atom stereocenters. The summed E-state index contributed by atoms with van der Waals surface area (Å²) < 4.78 is 11.2. The van der Waals surface area contributed by atoms with Gasteiger partial charge in [0.1, 0.15) is 11.1 Å². The molecule has 8 nitrogen and oxygen atoms in total. The quantitative estimate of drug-likeness (QED) is 0.404. The summed E-state index contributed by atoms with van der Waals surface area (Å²) in [6, 6.07) is 4.40. The third-order valence-electron chi connectivity index (χ3n) is 3.77. The van der Waals surface area contributed by atoms with Crippen LogP contribution in [-0.4, -0.2) is 41.2 Å². The minimum absolute atomic E-state index is 0.0251. The fourth-order valence-corrected chi connectivity index (χ4v) is 2.86. The largest absolute Gasteiger partial charge is 0.450 e. The fraction of sp³-hybridized carbons (Fsp3) is 0.286. The number of ether oxygens (including phenoxy) is 1. The number of hydrogen-bond donors (Lipinski definition) is 0. The lowest BCUT2D eigenvalue weighted by atomic mass is 10.2. The lowest BCUT2D eigenvalue weighted by Gasteiger charge is -2.27. The topological polar surface area (TPSA) is 94.5 Å². The standard InChI is InChI=1S/C14H11ClN4O4/c15-14-16-11-9-7-8(19(20)21)1-2-10(9)23-12(11)13(17-14)18-3-5-22-6-4-18/h1-2,7H,3-6H2. The summed E-state index contributed by atoms with van der Waals surface area (Å²) in [7, 11) is 0. The normalized spacial score (nSPS) is 15.4. The van der Waals surface area contributed by atoms with Gasteiger partial charge in [-0.05, 0) is 17.7 Å². The van der Waals surface area contributed by atoms with Crippen molar-refractivity contribution < 1.29 is 14.1 Å². The second-order valence-electron chi connectivity index (χ2n) is 5.13. The predicted molar refractivity (Wildman–Crippen MR) is 84.0 cm³/mol. The van der Waals surface area contributed by atoms with Crippen LogP contribution in [-0.2, 0) is 4.74 Å². The van der Waals surface area contributed by atoms with Crippen molar-refractivity contribution in [2.24, 2.45) is 0 Å². The van der Waals surface area contributed by atoms with Gasteiger partial charge in [0.15, 0.2) is 11.4 Å². The number of furan rings is 1. The molecule has 0 atom stereocenters. The van der Waals surface area contributed by atoms with Crippen molar-refractivity contribution in [1.29, 1.82) is 0 Å². The highest BCUT2D eigenvalue weighted by molar-refractivity contribution is 6.29. The number of non-ortho nitro benzene ring substituents is 1. The number of morpholine rings is 1. The molecule has 23 heavy (non-hydrogen) atoms. The van der Waals surface area contributed by atoms with Gasteiger partial charge in [0.25, 0.3) is 5.69 Å². The van der Waals surface area contributed by atoms with E-state index in [0.717, 1.165) is 0 Å². The molecule has 1 fully saturated rings. The average molecular weight is 335 g/mol. The van der Waals surface area contributed by atoms with E-state index in [1.807, 2.05) is 4.90 Å². The van der Waals surface area contributed by atoms with Gasteiger partial charge in [0.05, 0.1) is 23.5 Å². The molecule has 2 aromatic heterocycles. The smallest absolute Gasteiger partial charge is 0.270 e. The Balaban J connectivity index is 1.97. The number of fused-ring (bicyclic) bond motifs is 3. The van der Waals surface area contributed by atoms with Crippen molar-refractivity contribution >= 4 is 45.2 Å². The van der Waals surface area contributed by atoms with Crippen LogP contribution in [0, 0.1) is 10.1 Å². The minimum Gasteiger partial charge on any atom is -0.450 e. The van der Waals surface area contributed by atoms with Crippen LogP contribution in [0.25, 0.3) is 22.1 Å². The molecule has 1 aliphatic heterocycles. The first kappa shape index (κ1) is 14.2. The number of halogens is 1. The Morgan fingerprint density at radius 2 is 2.04 bits per heavy atom. The molecule has 0 bridgehead atoms. The van der Waals surface area contributed by atoms with Crippen molar-refractivity contribution in [3.05, 3.63) is 33.6 Å². The zero-order valence-electron chi connectivity index (χ0n) is 11.9. The maximum Gasteiger partial charge on any atom is 0.270 e. The van der Waals surface area contributed by atoms with Crippen molar-refractivity contribution in [3.63, 3.8) is 0 Å². The Morgan fingerprint density at radius 3 is 2.78 bits per heavy atom. The molecule has 118 valence electrons. The first-order chi connectivity index (χ1) is 11.1. The summed E-state index contributed by atoms with van der Waals surface area (Å²) in [5, 5.41) is 11.6. The highest BCUT2D eigenvalue weighted by atomic mass is 35.5. The van der Waals surface area contributed by atoms with Crippen LogP contribution in [0.1, 0.15) is 0 Å². The van der Waals surface area contributed by atoms with E-state index in [1.165, 1.54) is 12.1 Å². The van der Waals surface area contributed by atoms with Crippen LogP contribution in [0.15, 0.2) is 22.6 Å². The van der Waals surface area contributed by atoms with E-state index in [1.54, 1.807) is 6.07 Å². The van der Waals surface area contributed by atoms with E-state index in [0.29, 0.717) is 54.2 Å². The van der Waals surface area contributed by atoms with E-state index in [9.17, 15) is 10.1 Å².